The molecule has 0 unspecified atom stereocenters. The van der Waals surface area contributed by atoms with Crippen molar-refractivity contribution in [2.75, 3.05) is 0 Å². The molecule has 1 N–H and O–H groups in total. The van der Waals surface area contributed by atoms with Crippen molar-refractivity contribution in [2.24, 2.45) is 17.8 Å². The van der Waals surface area contributed by atoms with Crippen LogP contribution in [0.4, 0.5) is 0 Å². The highest BCUT2D eigenvalue weighted by molar-refractivity contribution is 5.78. The first-order valence-corrected chi connectivity index (χ1v) is 4.99. The normalized spacial score (nSPS) is 33.6. The zero-order valence-corrected chi connectivity index (χ0v) is 7.84. The van der Waals surface area contributed by atoms with Crippen molar-refractivity contribution in [1.29, 1.82) is 0 Å². The highest BCUT2D eigenvalue weighted by atomic mass is 16.1. The summed E-state index contributed by atoms with van der Waals surface area (Å²) in [6, 6.07) is 0.535. The monoisotopic (exact) mass is 167 g/mol. The summed E-state index contributed by atoms with van der Waals surface area (Å²) < 4.78 is 0. The molecule has 0 heterocycles. The molecule has 2 saturated carbocycles. The lowest BCUT2D eigenvalue weighted by atomic mass is 10.2. The van der Waals surface area contributed by atoms with Gasteiger partial charge in [0.1, 0.15) is 0 Å². The average molecular weight is 167 g/mol. The Balaban J connectivity index is 1.71. The van der Waals surface area contributed by atoms with Crippen molar-refractivity contribution in [3.63, 3.8) is 0 Å². The van der Waals surface area contributed by atoms with Crippen LogP contribution < -0.4 is 5.32 Å². The van der Waals surface area contributed by atoms with Gasteiger partial charge in [-0.1, -0.05) is 13.8 Å². The number of amides is 1. The molecule has 2 aliphatic carbocycles. The summed E-state index contributed by atoms with van der Waals surface area (Å²) in [7, 11) is 0. The summed E-state index contributed by atoms with van der Waals surface area (Å²) in [5, 5.41) is 3.09. The maximum atomic E-state index is 11.3. The van der Waals surface area contributed by atoms with Crippen LogP contribution in [0.1, 0.15) is 33.1 Å². The second kappa shape index (κ2) is 2.75. The molecule has 0 aromatic carbocycles. The lowest BCUT2D eigenvalue weighted by Crippen LogP contribution is -2.30. The maximum Gasteiger partial charge on any atom is 0.222 e. The van der Waals surface area contributed by atoms with Gasteiger partial charge in [0.05, 0.1) is 0 Å². The van der Waals surface area contributed by atoms with Crippen LogP contribution in [-0.4, -0.2) is 11.9 Å². The molecule has 2 nitrogen and oxygen atoms in total. The third-order valence-corrected chi connectivity index (χ3v) is 2.92. The van der Waals surface area contributed by atoms with Gasteiger partial charge in [-0.3, -0.25) is 4.79 Å². The largest absolute Gasteiger partial charge is 0.353 e. The summed E-state index contributed by atoms with van der Waals surface area (Å²) in [6.07, 6.45) is 4.04. The predicted octanol–water partition coefficient (Wildman–Crippen LogP) is 1.56. The SMILES string of the molecule is CC(C)C(=O)N[C@@H]1C[C@H]1C1CC1. The van der Waals surface area contributed by atoms with Crippen molar-refractivity contribution >= 4 is 5.91 Å². The first-order valence-electron chi connectivity index (χ1n) is 4.99. The van der Waals surface area contributed by atoms with E-state index in [0.29, 0.717) is 6.04 Å². The molecule has 2 fully saturated rings. The molecular formula is C10H17NO. The second-order valence-electron chi connectivity index (χ2n) is 4.51. The fourth-order valence-corrected chi connectivity index (χ4v) is 1.78. The van der Waals surface area contributed by atoms with Gasteiger partial charge in [0.25, 0.3) is 0 Å². The van der Waals surface area contributed by atoms with Crippen molar-refractivity contribution in [1.82, 2.24) is 5.32 Å². The minimum absolute atomic E-state index is 0.144. The Morgan fingerprint density at radius 2 is 2.08 bits per heavy atom. The van der Waals surface area contributed by atoms with Crippen LogP contribution in [0.25, 0.3) is 0 Å². The molecule has 12 heavy (non-hydrogen) atoms. The maximum absolute atomic E-state index is 11.3. The van der Waals surface area contributed by atoms with E-state index in [-0.39, 0.29) is 11.8 Å². The molecular weight excluding hydrogens is 150 g/mol. The molecule has 0 aliphatic heterocycles. The minimum Gasteiger partial charge on any atom is -0.353 e. The highest BCUT2D eigenvalue weighted by Crippen LogP contribution is 2.49. The van der Waals surface area contributed by atoms with Gasteiger partial charge < -0.3 is 5.32 Å². The fourth-order valence-electron chi connectivity index (χ4n) is 1.78. The predicted molar refractivity (Wildman–Crippen MR) is 47.6 cm³/mol. The number of rotatable bonds is 3. The van der Waals surface area contributed by atoms with Gasteiger partial charge >= 0.3 is 0 Å². The summed E-state index contributed by atoms with van der Waals surface area (Å²) >= 11 is 0. The van der Waals surface area contributed by atoms with E-state index in [2.05, 4.69) is 5.32 Å². The molecule has 0 radical (unpaired) electrons. The third kappa shape index (κ3) is 1.62. The Bertz CT molecular complexity index is 196. The lowest BCUT2D eigenvalue weighted by Gasteiger charge is -2.06. The van der Waals surface area contributed by atoms with Crippen LogP contribution in [0.15, 0.2) is 0 Å². The highest BCUT2D eigenvalue weighted by Gasteiger charge is 2.48. The van der Waals surface area contributed by atoms with Crippen LogP contribution in [-0.2, 0) is 4.79 Å². The summed E-state index contributed by atoms with van der Waals surface area (Å²) in [4.78, 5) is 11.3. The fraction of sp³-hybridized carbons (Fsp3) is 0.900. The zero-order valence-electron chi connectivity index (χ0n) is 7.84. The van der Waals surface area contributed by atoms with E-state index in [1.54, 1.807) is 0 Å². The van der Waals surface area contributed by atoms with Crippen molar-refractivity contribution in [3.05, 3.63) is 0 Å². The molecule has 2 aliphatic rings. The molecule has 0 saturated heterocycles. The average Bonchev–Trinajstić information content (AvgIpc) is 2.79. The Morgan fingerprint density at radius 1 is 1.42 bits per heavy atom. The topological polar surface area (TPSA) is 29.1 Å². The van der Waals surface area contributed by atoms with E-state index in [9.17, 15) is 4.79 Å². The van der Waals surface area contributed by atoms with Gasteiger partial charge in [-0.05, 0) is 31.1 Å². The summed E-state index contributed by atoms with van der Waals surface area (Å²) in [5.74, 6) is 2.17. The quantitative estimate of drug-likeness (QED) is 0.679. The molecule has 2 heteroatoms. The van der Waals surface area contributed by atoms with E-state index in [0.717, 1.165) is 11.8 Å². The van der Waals surface area contributed by atoms with E-state index < -0.39 is 0 Å². The second-order valence-corrected chi connectivity index (χ2v) is 4.51. The van der Waals surface area contributed by atoms with Gasteiger partial charge in [0.2, 0.25) is 5.91 Å². The van der Waals surface area contributed by atoms with Gasteiger partial charge in [-0.25, -0.2) is 0 Å². The summed E-state index contributed by atoms with van der Waals surface area (Å²) in [5.41, 5.74) is 0. The van der Waals surface area contributed by atoms with Crippen molar-refractivity contribution in [2.45, 2.75) is 39.2 Å². The number of hydrogen-bond acceptors (Lipinski definition) is 1. The van der Waals surface area contributed by atoms with Crippen LogP contribution in [0.3, 0.4) is 0 Å². The van der Waals surface area contributed by atoms with E-state index in [1.165, 1.54) is 19.3 Å². The Hall–Kier alpha value is -0.530. The smallest absolute Gasteiger partial charge is 0.222 e. The van der Waals surface area contributed by atoms with Gasteiger partial charge in [-0.15, -0.1) is 0 Å². The minimum atomic E-state index is 0.144. The molecule has 0 aromatic heterocycles. The molecule has 0 aromatic rings. The van der Waals surface area contributed by atoms with Gasteiger partial charge in [0, 0.05) is 12.0 Å². The van der Waals surface area contributed by atoms with Crippen LogP contribution >= 0.6 is 0 Å². The number of hydrogen-bond donors (Lipinski definition) is 1. The standard InChI is InChI=1S/C10H17NO/c1-6(2)10(12)11-9-5-8(9)7-3-4-7/h6-9H,3-5H2,1-2H3,(H,11,12)/t8-,9+/m0/s1. The number of nitrogens with one attached hydrogen (secondary N) is 1. The van der Waals surface area contributed by atoms with E-state index in [4.69, 9.17) is 0 Å². The van der Waals surface area contributed by atoms with Gasteiger partial charge in [0.15, 0.2) is 0 Å². The van der Waals surface area contributed by atoms with Crippen LogP contribution in [0, 0.1) is 17.8 Å². The van der Waals surface area contributed by atoms with Crippen LogP contribution in [0.5, 0.6) is 0 Å². The molecule has 0 spiro atoms. The number of carbonyl (C=O) groups is 1. The van der Waals surface area contributed by atoms with Gasteiger partial charge in [-0.2, -0.15) is 0 Å². The molecule has 1 amide bonds. The van der Waals surface area contributed by atoms with Crippen molar-refractivity contribution < 1.29 is 4.79 Å². The molecule has 2 atom stereocenters. The van der Waals surface area contributed by atoms with E-state index >= 15 is 0 Å². The Morgan fingerprint density at radius 3 is 2.58 bits per heavy atom. The zero-order chi connectivity index (χ0) is 8.72. The first-order chi connectivity index (χ1) is 5.68. The van der Waals surface area contributed by atoms with Crippen LogP contribution in [0.2, 0.25) is 0 Å². The van der Waals surface area contributed by atoms with Crippen molar-refractivity contribution in [3.8, 4) is 0 Å². The molecule has 68 valence electrons. The lowest BCUT2D eigenvalue weighted by molar-refractivity contribution is -0.124. The number of carbonyl (C=O) groups excluding carboxylic acids is 1. The van der Waals surface area contributed by atoms with E-state index in [1.807, 2.05) is 13.8 Å². The Kier molecular flexibility index (Phi) is 1.85. The summed E-state index contributed by atoms with van der Waals surface area (Å²) in [6.45, 7) is 3.90. The first kappa shape index (κ1) is 8.09. The Labute approximate surface area is 73.7 Å². The molecule has 2 rings (SSSR count). The third-order valence-electron chi connectivity index (χ3n) is 2.92. The molecule has 0 bridgehead atoms.